The van der Waals surface area contributed by atoms with E-state index in [2.05, 4.69) is 27.8 Å². The molecule has 0 aliphatic rings. The van der Waals surface area contributed by atoms with E-state index in [9.17, 15) is 0 Å². The van der Waals surface area contributed by atoms with E-state index in [4.69, 9.17) is 5.73 Å². The highest BCUT2D eigenvalue weighted by atomic mass is 79.9. The SMILES string of the molecule is NCC#Cc1ccc(Br)cc1. The van der Waals surface area contributed by atoms with Crippen LogP contribution < -0.4 is 5.73 Å². The van der Waals surface area contributed by atoms with Crippen LogP contribution in [0.15, 0.2) is 28.7 Å². The molecular weight excluding hydrogens is 202 g/mol. The van der Waals surface area contributed by atoms with E-state index in [-0.39, 0.29) is 0 Å². The molecule has 0 spiro atoms. The van der Waals surface area contributed by atoms with Crippen molar-refractivity contribution in [2.45, 2.75) is 0 Å². The quantitative estimate of drug-likeness (QED) is 0.648. The molecule has 2 heteroatoms. The molecule has 0 fully saturated rings. The van der Waals surface area contributed by atoms with Crippen molar-refractivity contribution in [2.24, 2.45) is 5.73 Å². The summed E-state index contributed by atoms with van der Waals surface area (Å²) >= 11 is 3.34. The zero-order chi connectivity index (χ0) is 8.10. The summed E-state index contributed by atoms with van der Waals surface area (Å²) in [6.07, 6.45) is 0. The predicted octanol–water partition coefficient (Wildman–Crippen LogP) is 1.76. The molecule has 1 aromatic rings. The van der Waals surface area contributed by atoms with Gasteiger partial charge < -0.3 is 5.73 Å². The molecular formula is C9H8BrN. The molecule has 56 valence electrons. The maximum Gasteiger partial charge on any atom is 0.0555 e. The third kappa shape index (κ3) is 2.75. The van der Waals surface area contributed by atoms with Crippen LogP contribution in [0.2, 0.25) is 0 Å². The number of rotatable bonds is 0. The van der Waals surface area contributed by atoms with E-state index in [1.807, 2.05) is 24.3 Å². The molecule has 0 aliphatic carbocycles. The van der Waals surface area contributed by atoms with Crippen LogP contribution in [-0.4, -0.2) is 6.54 Å². The van der Waals surface area contributed by atoms with E-state index in [1.54, 1.807) is 0 Å². The van der Waals surface area contributed by atoms with Gasteiger partial charge in [-0.15, -0.1) is 0 Å². The van der Waals surface area contributed by atoms with Crippen LogP contribution in [0, 0.1) is 11.8 Å². The lowest BCUT2D eigenvalue weighted by Crippen LogP contribution is -1.92. The van der Waals surface area contributed by atoms with Crippen LogP contribution in [0.1, 0.15) is 5.56 Å². The molecule has 0 saturated heterocycles. The van der Waals surface area contributed by atoms with Crippen LogP contribution in [0.3, 0.4) is 0 Å². The van der Waals surface area contributed by atoms with Crippen LogP contribution in [0.5, 0.6) is 0 Å². The number of halogens is 1. The summed E-state index contributed by atoms with van der Waals surface area (Å²) in [6.45, 7) is 0.413. The molecule has 1 rings (SSSR count). The van der Waals surface area contributed by atoms with Gasteiger partial charge in [0.2, 0.25) is 0 Å². The zero-order valence-electron chi connectivity index (χ0n) is 5.97. The molecule has 1 nitrogen and oxygen atoms in total. The van der Waals surface area contributed by atoms with Crippen molar-refractivity contribution in [1.29, 1.82) is 0 Å². The Morgan fingerprint density at radius 1 is 1.27 bits per heavy atom. The van der Waals surface area contributed by atoms with Crippen molar-refractivity contribution in [3.63, 3.8) is 0 Å². The van der Waals surface area contributed by atoms with Gasteiger partial charge in [-0.2, -0.15) is 0 Å². The Kier molecular flexibility index (Phi) is 3.15. The van der Waals surface area contributed by atoms with E-state index in [0.717, 1.165) is 10.0 Å². The second-order valence-electron chi connectivity index (χ2n) is 2.01. The van der Waals surface area contributed by atoms with Gasteiger partial charge >= 0.3 is 0 Å². The summed E-state index contributed by atoms with van der Waals surface area (Å²) in [7, 11) is 0. The van der Waals surface area contributed by atoms with Gasteiger partial charge in [0.25, 0.3) is 0 Å². The first-order valence-corrected chi connectivity index (χ1v) is 4.07. The van der Waals surface area contributed by atoms with E-state index >= 15 is 0 Å². The maximum atomic E-state index is 5.22. The lowest BCUT2D eigenvalue weighted by atomic mass is 10.2. The molecule has 0 radical (unpaired) electrons. The highest BCUT2D eigenvalue weighted by molar-refractivity contribution is 9.10. The summed E-state index contributed by atoms with van der Waals surface area (Å²) in [4.78, 5) is 0. The van der Waals surface area contributed by atoms with Crippen molar-refractivity contribution >= 4 is 15.9 Å². The summed E-state index contributed by atoms with van der Waals surface area (Å²) in [5.74, 6) is 5.72. The van der Waals surface area contributed by atoms with Crippen LogP contribution in [0.25, 0.3) is 0 Å². The van der Waals surface area contributed by atoms with Gasteiger partial charge in [0.1, 0.15) is 0 Å². The van der Waals surface area contributed by atoms with E-state index < -0.39 is 0 Å². The van der Waals surface area contributed by atoms with Gasteiger partial charge in [-0.05, 0) is 24.3 Å². The molecule has 0 unspecified atom stereocenters. The minimum atomic E-state index is 0.413. The van der Waals surface area contributed by atoms with Crippen LogP contribution in [0.4, 0.5) is 0 Å². The monoisotopic (exact) mass is 209 g/mol. The first-order valence-electron chi connectivity index (χ1n) is 3.27. The van der Waals surface area contributed by atoms with Gasteiger partial charge in [0.15, 0.2) is 0 Å². The fourth-order valence-electron chi connectivity index (χ4n) is 0.686. The first kappa shape index (κ1) is 8.32. The van der Waals surface area contributed by atoms with Gasteiger partial charge in [0, 0.05) is 10.0 Å². The maximum absolute atomic E-state index is 5.22. The highest BCUT2D eigenvalue weighted by Crippen LogP contribution is 2.09. The Labute approximate surface area is 74.7 Å². The molecule has 0 aliphatic heterocycles. The number of benzene rings is 1. The lowest BCUT2D eigenvalue weighted by molar-refractivity contribution is 1.30. The second-order valence-corrected chi connectivity index (χ2v) is 2.93. The van der Waals surface area contributed by atoms with Crippen molar-refractivity contribution in [3.8, 4) is 11.8 Å². The number of nitrogens with two attached hydrogens (primary N) is 1. The normalized spacial score (nSPS) is 8.55. The fraction of sp³-hybridized carbons (Fsp3) is 0.111. The van der Waals surface area contributed by atoms with Crippen LogP contribution in [-0.2, 0) is 0 Å². The zero-order valence-corrected chi connectivity index (χ0v) is 7.56. The Balaban J connectivity index is 2.82. The van der Waals surface area contributed by atoms with Gasteiger partial charge in [-0.25, -0.2) is 0 Å². The fourth-order valence-corrected chi connectivity index (χ4v) is 0.951. The van der Waals surface area contributed by atoms with Gasteiger partial charge in [0.05, 0.1) is 6.54 Å². The van der Waals surface area contributed by atoms with E-state index in [0.29, 0.717) is 6.54 Å². The molecule has 0 aromatic heterocycles. The van der Waals surface area contributed by atoms with E-state index in [1.165, 1.54) is 0 Å². The molecule has 0 heterocycles. The molecule has 0 amide bonds. The first-order chi connectivity index (χ1) is 5.33. The summed E-state index contributed by atoms with van der Waals surface area (Å²) in [5.41, 5.74) is 6.22. The number of hydrogen-bond donors (Lipinski definition) is 1. The Bertz CT molecular complexity index is 279. The molecule has 1 aromatic carbocycles. The Hall–Kier alpha value is -0.780. The Morgan fingerprint density at radius 2 is 1.91 bits per heavy atom. The lowest BCUT2D eigenvalue weighted by Gasteiger charge is -1.89. The highest BCUT2D eigenvalue weighted by Gasteiger charge is 1.85. The van der Waals surface area contributed by atoms with Crippen LogP contribution >= 0.6 is 15.9 Å². The third-order valence-electron chi connectivity index (χ3n) is 1.18. The molecule has 0 atom stereocenters. The average molecular weight is 210 g/mol. The largest absolute Gasteiger partial charge is 0.320 e. The summed E-state index contributed by atoms with van der Waals surface area (Å²) < 4.78 is 1.07. The minimum Gasteiger partial charge on any atom is -0.320 e. The van der Waals surface area contributed by atoms with Crippen molar-refractivity contribution in [1.82, 2.24) is 0 Å². The Morgan fingerprint density at radius 3 is 2.45 bits per heavy atom. The van der Waals surface area contributed by atoms with Crippen molar-refractivity contribution in [2.75, 3.05) is 6.54 Å². The summed E-state index contributed by atoms with van der Waals surface area (Å²) in [5, 5.41) is 0. The summed E-state index contributed by atoms with van der Waals surface area (Å²) in [6, 6.07) is 7.82. The molecule has 2 N–H and O–H groups in total. The van der Waals surface area contributed by atoms with Crippen molar-refractivity contribution < 1.29 is 0 Å². The topological polar surface area (TPSA) is 26.0 Å². The number of hydrogen-bond acceptors (Lipinski definition) is 1. The average Bonchev–Trinajstić information content (AvgIpc) is 2.04. The predicted molar refractivity (Wildman–Crippen MR) is 50.1 cm³/mol. The molecule has 0 saturated carbocycles. The molecule has 11 heavy (non-hydrogen) atoms. The van der Waals surface area contributed by atoms with Gasteiger partial charge in [-0.3, -0.25) is 0 Å². The van der Waals surface area contributed by atoms with Gasteiger partial charge in [-0.1, -0.05) is 27.8 Å². The standard InChI is InChI=1S/C9H8BrN/c10-9-5-3-8(4-6-9)2-1-7-11/h3-6H,7,11H2. The smallest absolute Gasteiger partial charge is 0.0555 e. The minimum absolute atomic E-state index is 0.413. The second kappa shape index (κ2) is 4.17. The molecule has 0 bridgehead atoms. The van der Waals surface area contributed by atoms with Crippen molar-refractivity contribution in [3.05, 3.63) is 34.3 Å². The third-order valence-corrected chi connectivity index (χ3v) is 1.71.